The third-order valence-corrected chi connectivity index (χ3v) is 4.78. The van der Waals surface area contributed by atoms with E-state index in [0.29, 0.717) is 6.54 Å². The van der Waals surface area contributed by atoms with Gasteiger partial charge in [-0.3, -0.25) is 4.79 Å². The van der Waals surface area contributed by atoms with E-state index in [1.165, 1.54) is 7.11 Å². The molecule has 1 N–H and O–H groups in total. The standard InChI is InChI=1S/C20H27N5O2/c1-3-21-20(24-13-9-17(10-14-24)19(26)27-2)22-15-16-5-7-18(8-6-16)25-12-4-11-23-25/h4-8,11-12,17H,3,9-10,13-15H2,1-2H3,(H,21,22). The average Bonchev–Trinajstić information content (AvgIpc) is 3.26. The fraction of sp³-hybridized carbons (Fsp3) is 0.450. The van der Waals surface area contributed by atoms with Gasteiger partial charge in [-0.2, -0.15) is 5.10 Å². The number of piperidine rings is 1. The van der Waals surface area contributed by atoms with Crippen molar-refractivity contribution in [1.82, 2.24) is 20.0 Å². The third kappa shape index (κ3) is 4.87. The molecule has 0 bridgehead atoms. The van der Waals surface area contributed by atoms with Crippen molar-refractivity contribution < 1.29 is 9.53 Å². The van der Waals surface area contributed by atoms with E-state index in [1.54, 1.807) is 6.20 Å². The first-order valence-corrected chi connectivity index (χ1v) is 9.41. The minimum absolute atomic E-state index is 0.00367. The summed E-state index contributed by atoms with van der Waals surface area (Å²) >= 11 is 0. The van der Waals surface area contributed by atoms with Gasteiger partial charge in [0.2, 0.25) is 0 Å². The number of rotatable bonds is 5. The van der Waals surface area contributed by atoms with Crippen molar-refractivity contribution in [3.63, 3.8) is 0 Å². The summed E-state index contributed by atoms with van der Waals surface area (Å²) in [5.74, 6) is 0.801. The molecule has 1 aliphatic rings. The number of hydrogen-bond donors (Lipinski definition) is 1. The van der Waals surface area contributed by atoms with E-state index < -0.39 is 0 Å². The van der Waals surface area contributed by atoms with Crippen LogP contribution in [0, 0.1) is 5.92 Å². The number of carbonyl (C=O) groups excluding carboxylic acids is 1. The Morgan fingerprint density at radius 1 is 1.30 bits per heavy atom. The highest BCUT2D eigenvalue weighted by molar-refractivity contribution is 5.80. The Kier molecular flexibility index (Phi) is 6.46. The van der Waals surface area contributed by atoms with Crippen molar-refractivity contribution in [2.24, 2.45) is 10.9 Å². The second kappa shape index (κ2) is 9.21. The SMILES string of the molecule is CCNC(=NCc1ccc(-n2cccn2)cc1)N1CCC(C(=O)OC)CC1. The predicted molar refractivity (Wildman–Crippen MR) is 105 cm³/mol. The first kappa shape index (κ1) is 18.9. The van der Waals surface area contributed by atoms with Crippen LogP contribution in [-0.4, -0.2) is 53.4 Å². The average molecular weight is 369 g/mol. The van der Waals surface area contributed by atoms with Gasteiger partial charge in [-0.25, -0.2) is 9.67 Å². The van der Waals surface area contributed by atoms with E-state index in [9.17, 15) is 4.79 Å². The van der Waals surface area contributed by atoms with E-state index in [1.807, 2.05) is 29.1 Å². The molecule has 0 spiro atoms. The zero-order valence-corrected chi connectivity index (χ0v) is 16.0. The maximum atomic E-state index is 11.7. The van der Waals surface area contributed by atoms with Crippen LogP contribution in [0.1, 0.15) is 25.3 Å². The summed E-state index contributed by atoms with van der Waals surface area (Å²) in [6, 6.07) is 10.2. The Balaban J connectivity index is 1.61. The van der Waals surface area contributed by atoms with E-state index in [0.717, 1.165) is 49.7 Å². The Morgan fingerprint density at radius 3 is 2.63 bits per heavy atom. The summed E-state index contributed by atoms with van der Waals surface area (Å²) in [6.45, 7) is 5.11. The molecular weight excluding hydrogens is 342 g/mol. The number of aliphatic imine (C=N–C) groups is 1. The summed E-state index contributed by atoms with van der Waals surface area (Å²) in [4.78, 5) is 18.7. The Morgan fingerprint density at radius 2 is 2.04 bits per heavy atom. The van der Waals surface area contributed by atoms with E-state index in [4.69, 9.17) is 9.73 Å². The molecule has 1 aromatic carbocycles. The van der Waals surface area contributed by atoms with Gasteiger partial charge in [-0.05, 0) is 43.5 Å². The molecule has 0 atom stereocenters. The van der Waals surface area contributed by atoms with Gasteiger partial charge < -0.3 is 15.0 Å². The van der Waals surface area contributed by atoms with Crippen LogP contribution >= 0.6 is 0 Å². The van der Waals surface area contributed by atoms with Crippen molar-refractivity contribution in [3.8, 4) is 5.69 Å². The minimum atomic E-state index is -0.103. The Hall–Kier alpha value is -2.83. The van der Waals surface area contributed by atoms with Gasteiger partial charge in [-0.1, -0.05) is 12.1 Å². The molecule has 7 heteroatoms. The van der Waals surface area contributed by atoms with Crippen LogP contribution in [0.25, 0.3) is 5.69 Å². The molecule has 2 heterocycles. The molecule has 0 saturated carbocycles. The molecule has 0 aliphatic carbocycles. The summed E-state index contributed by atoms with van der Waals surface area (Å²) < 4.78 is 6.70. The Bertz CT molecular complexity index is 747. The lowest BCUT2D eigenvalue weighted by Gasteiger charge is -2.33. The monoisotopic (exact) mass is 369 g/mol. The number of likely N-dealkylation sites (tertiary alicyclic amines) is 1. The largest absolute Gasteiger partial charge is 0.469 e. The molecule has 0 radical (unpaired) electrons. The highest BCUT2D eigenvalue weighted by Gasteiger charge is 2.26. The number of carbonyl (C=O) groups is 1. The lowest BCUT2D eigenvalue weighted by atomic mass is 9.97. The van der Waals surface area contributed by atoms with Crippen molar-refractivity contribution in [1.29, 1.82) is 0 Å². The zero-order valence-electron chi connectivity index (χ0n) is 16.0. The second-order valence-corrected chi connectivity index (χ2v) is 6.57. The van der Waals surface area contributed by atoms with Crippen LogP contribution in [0.2, 0.25) is 0 Å². The minimum Gasteiger partial charge on any atom is -0.469 e. The number of hydrogen-bond acceptors (Lipinski definition) is 4. The molecule has 0 unspecified atom stereocenters. The molecule has 0 amide bonds. The fourth-order valence-corrected chi connectivity index (χ4v) is 3.26. The molecule has 1 fully saturated rings. The summed E-state index contributed by atoms with van der Waals surface area (Å²) in [5.41, 5.74) is 2.18. The molecule has 27 heavy (non-hydrogen) atoms. The van der Waals surface area contributed by atoms with E-state index in [2.05, 4.69) is 34.4 Å². The maximum absolute atomic E-state index is 11.7. The zero-order chi connectivity index (χ0) is 19.1. The number of guanidine groups is 1. The number of nitrogens with zero attached hydrogens (tertiary/aromatic N) is 4. The van der Waals surface area contributed by atoms with Crippen LogP contribution in [0.4, 0.5) is 0 Å². The van der Waals surface area contributed by atoms with Crippen molar-refractivity contribution in [2.45, 2.75) is 26.3 Å². The number of benzene rings is 1. The molecular formula is C20H27N5O2. The van der Waals surface area contributed by atoms with Gasteiger partial charge in [0.25, 0.3) is 0 Å². The fourth-order valence-electron chi connectivity index (χ4n) is 3.26. The van der Waals surface area contributed by atoms with E-state index >= 15 is 0 Å². The molecule has 144 valence electrons. The molecule has 2 aromatic rings. The van der Waals surface area contributed by atoms with Gasteiger partial charge in [-0.15, -0.1) is 0 Å². The highest BCUT2D eigenvalue weighted by Crippen LogP contribution is 2.18. The van der Waals surface area contributed by atoms with Gasteiger partial charge in [0, 0.05) is 32.0 Å². The molecule has 1 aliphatic heterocycles. The normalized spacial score (nSPS) is 15.6. The van der Waals surface area contributed by atoms with Gasteiger partial charge in [0.05, 0.1) is 25.3 Å². The lowest BCUT2D eigenvalue weighted by molar-refractivity contribution is -0.146. The van der Waals surface area contributed by atoms with Crippen LogP contribution in [0.5, 0.6) is 0 Å². The lowest BCUT2D eigenvalue weighted by Crippen LogP contribution is -2.46. The molecule has 3 rings (SSSR count). The number of esters is 1. The van der Waals surface area contributed by atoms with Crippen molar-refractivity contribution in [2.75, 3.05) is 26.7 Å². The second-order valence-electron chi connectivity index (χ2n) is 6.57. The van der Waals surface area contributed by atoms with Gasteiger partial charge >= 0.3 is 5.97 Å². The number of nitrogens with one attached hydrogen (secondary N) is 1. The van der Waals surface area contributed by atoms with Crippen LogP contribution in [0.3, 0.4) is 0 Å². The topological polar surface area (TPSA) is 71.8 Å². The first-order chi connectivity index (χ1) is 13.2. The summed E-state index contributed by atoms with van der Waals surface area (Å²) in [7, 11) is 1.46. The predicted octanol–water partition coefficient (Wildman–Crippen LogP) is 2.22. The van der Waals surface area contributed by atoms with Crippen molar-refractivity contribution in [3.05, 3.63) is 48.3 Å². The summed E-state index contributed by atoms with van der Waals surface area (Å²) in [5, 5.41) is 7.60. The van der Waals surface area contributed by atoms with E-state index in [-0.39, 0.29) is 11.9 Å². The third-order valence-electron chi connectivity index (χ3n) is 4.78. The quantitative estimate of drug-likeness (QED) is 0.497. The number of aromatic nitrogens is 2. The molecule has 7 nitrogen and oxygen atoms in total. The first-order valence-electron chi connectivity index (χ1n) is 9.41. The summed E-state index contributed by atoms with van der Waals surface area (Å²) in [6.07, 6.45) is 5.30. The van der Waals surface area contributed by atoms with Gasteiger partial charge in [0.15, 0.2) is 5.96 Å². The smallest absolute Gasteiger partial charge is 0.308 e. The Labute approximate surface area is 160 Å². The van der Waals surface area contributed by atoms with Crippen molar-refractivity contribution >= 4 is 11.9 Å². The molecule has 1 aromatic heterocycles. The maximum Gasteiger partial charge on any atom is 0.308 e. The van der Waals surface area contributed by atoms with Crippen LogP contribution in [-0.2, 0) is 16.1 Å². The van der Waals surface area contributed by atoms with Gasteiger partial charge in [0.1, 0.15) is 0 Å². The molecule has 1 saturated heterocycles. The van der Waals surface area contributed by atoms with Crippen LogP contribution < -0.4 is 5.32 Å². The number of ether oxygens (including phenoxy) is 1. The highest BCUT2D eigenvalue weighted by atomic mass is 16.5. The number of methoxy groups -OCH3 is 1. The van der Waals surface area contributed by atoms with Crippen LogP contribution in [0.15, 0.2) is 47.7 Å².